The molecule has 0 saturated carbocycles. The lowest BCUT2D eigenvalue weighted by Crippen LogP contribution is -2.28. The molecule has 0 unspecified atom stereocenters. The van der Waals surface area contributed by atoms with Crippen LogP contribution >= 0.6 is 0 Å². The molecule has 0 aliphatic rings. The number of H-pyrrole nitrogens is 1. The molecule has 0 spiro atoms. The van der Waals surface area contributed by atoms with Crippen molar-refractivity contribution in [2.45, 2.75) is 26.2 Å². The maximum Gasteiger partial charge on any atom is 0.277 e. The summed E-state index contributed by atoms with van der Waals surface area (Å²) in [6.07, 6.45) is 0. The molecule has 3 rings (SSSR count). The first-order valence-corrected chi connectivity index (χ1v) is 7.23. The Bertz CT molecular complexity index is 942. The van der Waals surface area contributed by atoms with E-state index in [0.29, 0.717) is 16.5 Å². The number of hydrogen-bond donors (Lipinski definition) is 1. The maximum absolute atomic E-state index is 12.6. The molecule has 1 N–H and O–H groups in total. The van der Waals surface area contributed by atoms with Gasteiger partial charge in [0.2, 0.25) is 0 Å². The summed E-state index contributed by atoms with van der Waals surface area (Å²) < 4.78 is 1.30. The Morgan fingerprint density at radius 1 is 0.864 bits per heavy atom. The van der Waals surface area contributed by atoms with Crippen molar-refractivity contribution in [1.82, 2.24) is 9.78 Å². The van der Waals surface area contributed by atoms with Gasteiger partial charge in [-0.2, -0.15) is 0 Å². The predicted octanol–water partition coefficient (Wildman–Crippen LogP) is 2.98. The van der Waals surface area contributed by atoms with Crippen molar-refractivity contribution in [3.63, 3.8) is 0 Å². The summed E-state index contributed by atoms with van der Waals surface area (Å²) in [5.41, 5.74) is 1.38. The number of aromatic nitrogens is 2. The average Bonchev–Trinajstić information content (AvgIpc) is 2.50. The van der Waals surface area contributed by atoms with E-state index >= 15 is 0 Å². The molecule has 4 nitrogen and oxygen atoms in total. The molecule has 4 heteroatoms. The van der Waals surface area contributed by atoms with Crippen LogP contribution in [0.4, 0.5) is 0 Å². The van der Waals surface area contributed by atoms with Crippen molar-refractivity contribution in [2.24, 2.45) is 0 Å². The minimum atomic E-state index is -0.268. The Balaban J connectivity index is 2.21. The molecule has 0 radical (unpaired) electrons. The van der Waals surface area contributed by atoms with E-state index in [4.69, 9.17) is 0 Å². The summed E-state index contributed by atoms with van der Waals surface area (Å²) >= 11 is 0. The molecule has 0 fully saturated rings. The Morgan fingerprint density at radius 3 is 2.05 bits per heavy atom. The van der Waals surface area contributed by atoms with Gasteiger partial charge in [-0.25, -0.2) is 4.68 Å². The van der Waals surface area contributed by atoms with Crippen molar-refractivity contribution in [3.05, 3.63) is 74.8 Å². The minimum Gasteiger partial charge on any atom is -0.267 e. The van der Waals surface area contributed by atoms with E-state index in [2.05, 4.69) is 25.9 Å². The van der Waals surface area contributed by atoms with Crippen molar-refractivity contribution < 1.29 is 0 Å². The van der Waals surface area contributed by atoms with Crippen LogP contribution < -0.4 is 11.1 Å². The fraction of sp³-hybridized carbons (Fsp3) is 0.222. The number of nitrogens with zero attached hydrogens (tertiary/aromatic N) is 1. The Labute approximate surface area is 128 Å². The van der Waals surface area contributed by atoms with Crippen molar-refractivity contribution in [3.8, 4) is 5.69 Å². The SMILES string of the molecule is CC(C)(C)c1ccc(-n2[nH]c(=O)c3ccccc3c2=O)cc1. The quantitative estimate of drug-likeness (QED) is 0.750. The number of nitrogens with one attached hydrogen (secondary N) is 1. The van der Waals surface area contributed by atoms with Crippen LogP contribution in [0.1, 0.15) is 26.3 Å². The average molecular weight is 294 g/mol. The lowest BCUT2D eigenvalue weighted by molar-refractivity contribution is 0.590. The van der Waals surface area contributed by atoms with E-state index in [9.17, 15) is 9.59 Å². The summed E-state index contributed by atoms with van der Waals surface area (Å²) in [6, 6.07) is 14.5. The number of benzene rings is 2. The molecule has 0 aliphatic heterocycles. The van der Waals surface area contributed by atoms with Gasteiger partial charge in [0.15, 0.2) is 0 Å². The highest BCUT2D eigenvalue weighted by atomic mass is 16.2. The maximum atomic E-state index is 12.6. The fourth-order valence-corrected chi connectivity index (χ4v) is 2.49. The molecule has 112 valence electrons. The number of hydrogen-bond acceptors (Lipinski definition) is 2. The van der Waals surface area contributed by atoms with E-state index in [1.807, 2.05) is 24.3 Å². The standard InChI is InChI=1S/C18H18N2O2/c1-18(2,3)12-8-10-13(11-9-12)20-17(22)15-7-5-4-6-14(15)16(21)19-20/h4-11H,1-3H3,(H,19,21). The lowest BCUT2D eigenvalue weighted by Gasteiger charge is -2.19. The Morgan fingerprint density at radius 2 is 1.45 bits per heavy atom. The van der Waals surface area contributed by atoms with Crippen LogP contribution in [-0.4, -0.2) is 9.78 Å². The van der Waals surface area contributed by atoms with E-state index in [1.54, 1.807) is 24.3 Å². The third-order valence-corrected chi connectivity index (χ3v) is 3.81. The first kappa shape index (κ1) is 14.3. The topological polar surface area (TPSA) is 54.9 Å². The molecule has 2 aromatic carbocycles. The zero-order valence-corrected chi connectivity index (χ0v) is 12.9. The van der Waals surface area contributed by atoms with Crippen LogP contribution in [0.15, 0.2) is 58.1 Å². The highest BCUT2D eigenvalue weighted by Crippen LogP contribution is 2.22. The van der Waals surface area contributed by atoms with E-state index in [-0.39, 0.29) is 16.5 Å². The van der Waals surface area contributed by atoms with Crippen molar-refractivity contribution in [2.75, 3.05) is 0 Å². The van der Waals surface area contributed by atoms with Gasteiger partial charge >= 0.3 is 0 Å². The van der Waals surface area contributed by atoms with Gasteiger partial charge in [-0.15, -0.1) is 0 Å². The second-order valence-corrected chi connectivity index (χ2v) is 6.42. The zero-order valence-electron chi connectivity index (χ0n) is 12.9. The van der Waals surface area contributed by atoms with E-state index in [1.165, 1.54) is 10.2 Å². The molecule has 0 atom stereocenters. The summed E-state index contributed by atoms with van der Waals surface area (Å²) in [4.78, 5) is 24.7. The molecule has 1 heterocycles. The molecule has 3 aromatic rings. The van der Waals surface area contributed by atoms with Crippen LogP contribution in [0.25, 0.3) is 16.5 Å². The normalized spacial score (nSPS) is 11.8. The summed E-state index contributed by atoms with van der Waals surface area (Å²) in [7, 11) is 0. The predicted molar refractivity (Wildman–Crippen MR) is 88.9 cm³/mol. The van der Waals surface area contributed by atoms with Gasteiger partial charge in [0.1, 0.15) is 0 Å². The highest BCUT2D eigenvalue weighted by molar-refractivity contribution is 5.80. The largest absolute Gasteiger partial charge is 0.277 e. The van der Waals surface area contributed by atoms with Crippen LogP contribution in [0, 0.1) is 0 Å². The molecule has 0 bridgehead atoms. The van der Waals surface area contributed by atoms with Gasteiger partial charge in [0, 0.05) is 0 Å². The smallest absolute Gasteiger partial charge is 0.267 e. The molecule has 0 amide bonds. The highest BCUT2D eigenvalue weighted by Gasteiger charge is 2.14. The third kappa shape index (κ3) is 2.37. The Hall–Kier alpha value is -2.62. The molecular formula is C18H18N2O2. The summed E-state index contributed by atoms with van der Waals surface area (Å²) in [5.74, 6) is 0. The van der Waals surface area contributed by atoms with Gasteiger partial charge in [-0.1, -0.05) is 45.0 Å². The van der Waals surface area contributed by atoms with Gasteiger partial charge in [0.25, 0.3) is 11.1 Å². The van der Waals surface area contributed by atoms with Crippen molar-refractivity contribution >= 4 is 10.8 Å². The number of fused-ring (bicyclic) bond motifs is 1. The molecule has 22 heavy (non-hydrogen) atoms. The summed E-state index contributed by atoms with van der Waals surface area (Å²) in [5, 5.41) is 3.48. The lowest BCUT2D eigenvalue weighted by atomic mass is 9.87. The molecule has 0 saturated heterocycles. The Kier molecular flexibility index (Phi) is 3.24. The third-order valence-electron chi connectivity index (χ3n) is 3.81. The molecule has 0 aliphatic carbocycles. The van der Waals surface area contributed by atoms with E-state index < -0.39 is 0 Å². The minimum absolute atomic E-state index is 0.0419. The molecular weight excluding hydrogens is 276 g/mol. The van der Waals surface area contributed by atoms with Crippen LogP contribution in [0.5, 0.6) is 0 Å². The van der Waals surface area contributed by atoms with Crippen LogP contribution in [0.2, 0.25) is 0 Å². The second kappa shape index (κ2) is 4.98. The number of aromatic amines is 1. The zero-order chi connectivity index (χ0) is 15.9. The fourth-order valence-electron chi connectivity index (χ4n) is 2.49. The monoisotopic (exact) mass is 294 g/mol. The van der Waals surface area contributed by atoms with Crippen molar-refractivity contribution in [1.29, 1.82) is 0 Å². The molecule has 1 aromatic heterocycles. The van der Waals surface area contributed by atoms with Gasteiger partial charge in [-0.3, -0.25) is 14.7 Å². The van der Waals surface area contributed by atoms with E-state index in [0.717, 1.165) is 0 Å². The van der Waals surface area contributed by atoms with Gasteiger partial charge in [0.05, 0.1) is 16.5 Å². The summed E-state index contributed by atoms with van der Waals surface area (Å²) in [6.45, 7) is 6.39. The first-order valence-electron chi connectivity index (χ1n) is 7.23. The van der Waals surface area contributed by atoms with Crippen LogP contribution in [-0.2, 0) is 5.41 Å². The first-order chi connectivity index (χ1) is 10.4. The van der Waals surface area contributed by atoms with Crippen LogP contribution in [0.3, 0.4) is 0 Å². The van der Waals surface area contributed by atoms with Gasteiger partial charge in [-0.05, 0) is 35.2 Å². The number of rotatable bonds is 1. The van der Waals surface area contributed by atoms with Gasteiger partial charge < -0.3 is 0 Å². The second-order valence-electron chi connectivity index (χ2n) is 6.42.